The number of benzene rings is 1. The van der Waals surface area contributed by atoms with E-state index in [0.717, 1.165) is 11.1 Å². The molecule has 0 heterocycles. The second kappa shape index (κ2) is 4.45. The number of allylic oxidation sites excluding steroid dienone is 1. The highest BCUT2D eigenvalue weighted by molar-refractivity contribution is 6.31. The van der Waals surface area contributed by atoms with Crippen LogP contribution in [0.2, 0.25) is 5.02 Å². The van der Waals surface area contributed by atoms with Crippen LogP contribution in [0, 0.1) is 0 Å². The van der Waals surface area contributed by atoms with E-state index in [-0.39, 0.29) is 0 Å². The molecule has 0 fully saturated rings. The molecule has 0 saturated carbocycles. The van der Waals surface area contributed by atoms with Crippen LogP contribution < -0.4 is 0 Å². The van der Waals surface area contributed by atoms with E-state index in [9.17, 15) is 5.11 Å². The van der Waals surface area contributed by atoms with Gasteiger partial charge < -0.3 is 5.11 Å². The van der Waals surface area contributed by atoms with E-state index >= 15 is 0 Å². The van der Waals surface area contributed by atoms with E-state index in [1.165, 1.54) is 0 Å². The molecule has 0 radical (unpaired) electrons. The second-order valence-corrected chi connectivity index (χ2v) is 3.62. The zero-order valence-electron chi connectivity index (χ0n) is 7.79. The van der Waals surface area contributed by atoms with Crippen molar-refractivity contribution in [3.8, 4) is 0 Å². The first kappa shape index (κ1) is 10.3. The van der Waals surface area contributed by atoms with Crippen molar-refractivity contribution in [1.82, 2.24) is 0 Å². The fourth-order valence-corrected chi connectivity index (χ4v) is 1.37. The van der Waals surface area contributed by atoms with Gasteiger partial charge in [0.2, 0.25) is 0 Å². The monoisotopic (exact) mass is 196 g/mol. The van der Waals surface area contributed by atoms with Crippen molar-refractivity contribution in [2.75, 3.05) is 0 Å². The standard InChI is InChI=1S/C11H13ClO/c1-8(2)7-11(13)9-5-3-4-6-10(9)12/h3-7,11,13H,1-2H3. The molecule has 0 aliphatic heterocycles. The lowest BCUT2D eigenvalue weighted by molar-refractivity contribution is 0.228. The summed E-state index contributed by atoms with van der Waals surface area (Å²) < 4.78 is 0. The third-order valence-corrected chi connectivity index (χ3v) is 2.06. The molecule has 0 spiro atoms. The highest BCUT2D eigenvalue weighted by atomic mass is 35.5. The van der Waals surface area contributed by atoms with Gasteiger partial charge in [-0.15, -0.1) is 0 Å². The fraction of sp³-hybridized carbons (Fsp3) is 0.273. The lowest BCUT2D eigenvalue weighted by Gasteiger charge is -2.08. The van der Waals surface area contributed by atoms with Crippen LogP contribution in [0.1, 0.15) is 25.5 Å². The molecule has 1 nitrogen and oxygen atoms in total. The minimum Gasteiger partial charge on any atom is -0.384 e. The third kappa shape index (κ3) is 2.87. The minimum absolute atomic E-state index is 0.598. The minimum atomic E-state index is -0.598. The average molecular weight is 197 g/mol. The summed E-state index contributed by atoms with van der Waals surface area (Å²) in [5, 5.41) is 10.3. The van der Waals surface area contributed by atoms with Crippen LogP contribution in [0.3, 0.4) is 0 Å². The van der Waals surface area contributed by atoms with Crippen LogP contribution in [-0.4, -0.2) is 5.11 Å². The van der Waals surface area contributed by atoms with E-state index in [1.54, 1.807) is 12.1 Å². The second-order valence-electron chi connectivity index (χ2n) is 3.21. The Morgan fingerprint density at radius 1 is 1.38 bits per heavy atom. The van der Waals surface area contributed by atoms with Gasteiger partial charge in [-0.05, 0) is 19.9 Å². The highest BCUT2D eigenvalue weighted by Crippen LogP contribution is 2.23. The molecular weight excluding hydrogens is 184 g/mol. The fourth-order valence-electron chi connectivity index (χ4n) is 1.12. The molecule has 1 rings (SSSR count). The molecule has 0 bridgehead atoms. The molecule has 1 N–H and O–H groups in total. The van der Waals surface area contributed by atoms with Gasteiger partial charge in [0, 0.05) is 10.6 Å². The summed E-state index contributed by atoms with van der Waals surface area (Å²) in [6, 6.07) is 7.32. The molecule has 70 valence electrons. The lowest BCUT2D eigenvalue weighted by Crippen LogP contribution is -1.94. The first-order valence-electron chi connectivity index (χ1n) is 4.19. The largest absolute Gasteiger partial charge is 0.384 e. The topological polar surface area (TPSA) is 20.2 Å². The van der Waals surface area contributed by atoms with Crippen molar-refractivity contribution in [3.63, 3.8) is 0 Å². The van der Waals surface area contributed by atoms with Crippen LogP contribution in [0.15, 0.2) is 35.9 Å². The summed E-state index contributed by atoms with van der Waals surface area (Å²) in [5.74, 6) is 0. The molecule has 1 aromatic carbocycles. The molecule has 1 unspecified atom stereocenters. The predicted octanol–water partition coefficient (Wildman–Crippen LogP) is 3.34. The van der Waals surface area contributed by atoms with Crippen molar-refractivity contribution in [3.05, 3.63) is 46.5 Å². The zero-order chi connectivity index (χ0) is 9.84. The first-order valence-corrected chi connectivity index (χ1v) is 4.56. The van der Waals surface area contributed by atoms with Gasteiger partial charge in [-0.3, -0.25) is 0 Å². The molecule has 0 amide bonds. The summed E-state index contributed by atoms with van der Waals surface area (Å²) in [4.78, 5) is 0. The molecule has 0 aliphatic carbocycles. The Morgan fingerprint density at radius 3 is 2.54 bits per heavy atom. The Labute approximate surface area is 83.7 Å². The lowest BCUT2D eigenvalue weighted by atomic mass is 10.1. The number of hydrogen-bond acceptors (Lipinski definition) is 1. The van der Waals surface area contributed by atoms with Gasteiger partial charge in [-0.25, -0.2) is 0 Å². The Bertz CT molecular complexity index is 314. The summed E-state index contributed by atoms with van der Waals surface area (Å²) in [6.45, 7) is 3.89. The maximum absolute atomic E-state index is 9.71. The smallest absolute Gasteiger partial charge is 0.0988 e. The van der Waals surface area contributed by atoms with Crippen LogP contribution in [0.4, 0.5) is 0 Å². The van der Waals surface area contributed by atoms with Crippen molar-refractivity contribution >= 4 is 11.6 Å². The summed E-state index contributed by atoms with van der Waals surface area (Å²) in [7, 11) is 0. The number of aliphatic hydroxyl groups excluding tert-OH is 1. The number of halogens is 1. The first-order chi connectivity index (χ1) is 6.11. The SMILES string of the molecule is CC(C)=CC(O)c1ccccc1Cl. The molecule has 1 aromatic rings. The van der Waals surface area contributed by atoms with Gasteiger partial charge in [0.1, 0.15) is 0 Å². The molecular formula is C11H13ClO. The van der Waals surface area contributed by atoms with Crippen LogP contribution in [-0.2, 0) is 0 Å². The van der Waals surface area contributed by atoms with Gasteiger partial charge in [-0.2, -0.15) is 0 Å². The van der Waals surface area contributed by atoms with Crippen LogP contribution in [0.5, 0.6) is 0 Å². The van der Waals surface area contributed by atoms with Crippen LogP contribution in [0.25, 0.3) is 0 Å². The Balaban J connectivity index is 2.95. The number of rotatable bonds is 2. The van der Waals surface area contributed by atoms with Crippen molar-refractivity contribution in [2.24, 2.45) is 0 Å². The van der Waals surface area contributed by atoms with Crippen LogP contribution >= 0.6 is 11.6 Å². The summed E-state index contributed by atoms with van der Waals surface area (Å²) in [5.41, 5.74) is 1.83. The molecule has 1 atom stereocenters. The maximum atomic E-state index is 9.71. The van der Waals surface area contributed by atoms with Crippen molar-refractivity contribution in [1.29, 1.82) is 0 Å². The van der Waals surface area contributed by atoms with E-state index in [2.05, 4.69) is 0 Å². The average Bonchev–Trinajstić information content (AvgIpc) is 2.03. The van der Waals surface area contributed by atoms with Gasteiger partial charge >= 0.3 is 0 Å². The predicted molar refractivity (Wildman–Crippen MR) is 55.8 cm³/mol. The Kier molecular flexibility index (Phi) is 3.52. The molecule has 0 aliphatic rings. The van der Waals surface area contributed by atoms with E-state index in [4.69, 9.17) is 11.6 Å². The van der Waals surface area contributed by atoms with Gasteiger partial charge in [0.25, 0.3) is 0 Å². The highest BCUT2D eigenvalue weighted by Gasteiger charge is 2.06. The van der Waals surface area contributed by atoms with Crippen molar-refractivity contribution < 1.29 is 5.11 Å². The number of hydrogen-bond donors (Lipinski definition) is 1. The summed E-state index contributed by atoms with van der Waals surface area (Å²) >= 11 is 5.91. The normalized spacial score (nSPS) is 12.3. The van der Waals surface area contributed by atoms with Gasteiger partial charge in [0.05, 0.1) is 6.10 Å². The van der Waals surface area contributed by atoms with Gasteiger partial charge in [0.15, 0.2) is 0 Å². The van der Waals surface area contributed by atoms with E-state index in [1.807, 2.05) is 32.0 Å². The quantitative estimate of drug-likeness (QED) is 0.720. The zero-order valence-corrected chi connectivity index (χ0v) is 8.55. The molecule has 0 aromatic heterocycles. The van der Waals surface area contributed by atoms with E-state index in [0.29, 0.717) is 5.02 Å². The Morgan fingerprint density at radius 2 is 2.00 bits per heavy atom. The van der Waals surface area contributed by atoms with Gasteiger partial charge in [-0.1, -0.05) is 41.4 Å². The Hall–Kier alpha value is -0.790. The summed E-state index contributed by atoms with van der Waals surface area (Å²) in [6.07, 6.45) is 1.18. The molecule has 13 heavy (non-hydrogen) atoms. The molecule has 0 saturated heterocycles. The van der Waals surface area contributed by atoms with E-state index < -0.39 is 6.10 Å². The third-order valence-electron chi connectivity index (χ3n) is 1.72. The number of aliphatic hydroxyl groups is 1. The maximum Gasteiger partial charge on any atom is 0.0988 e. The molecule has 2 heteroatoms. The van der Waals surface area contributed by atoms with Crippen molar-refractivity contribution in [2.45, 2.75) is 20.0 Å².